The Morgan fingerprint density at radius 1 is 1.16 bits per heavy atom. The van der Waals surface area contributed by atoms with Crippen molar-refractivity contribution in [3.05, 3.63) is 69.7 Å². The molecule has 8 heteroatoms. The van der Waals surface area contributed by atoms with Gasteiger partial charge in [-0.2, -0.15) is 13.2 Å². The fourth-order valence-electron chi connectivity index (χ4n) is 2.30. The summed E-state index contributed by atoms with van der Waals surface area (Å²) in [5, 5.41) is 12.2. The lowest BCUT2D eigenvalue weighted by atomic mass is 10.1. The monoisotopic (exact) mass is 384 g/mol. The van der Waals surface area contributed by atoms with Gasteiger partial charge in [-0.05, 0) is 29.1 Å². The molecule has 0 aliphatic carbocycles. The van der Waals surface area contributed by atoms with Gasteiger partial charge in [0.2, 0.25) is 0 Å². The summed E-state index contributed by atoms with van der Waals surface area (Å²) in [5.41, 5.74) is 0.848. The van der Waals surface area contributed by atoms with Gasteiger partial charge < -0.3 is 9.67 Å². The topological polar surface area (TPSA) is 38.1 Å². The number of thioether (sulfide) groups is 1. The molecule has 132 valence electrons. The van der Waals surface area contributed by atoms with Crippen molar-refractivity contribution in [3.63, 3.8) is 0 Å². The van der Waals surface area contributed by atoms with E-state index in [0.29, 0.717) is 18.0 Å². The van der Waals surface area contributed by atoms with Crippen LogP contribution >= 0.6 is 23.1 Å². The van der Waals surface area contributed by atoms with E-state index in [0.717, 1.165) is 27.7 Å². The van der Waals surface area contributed by atoms with E-state index in [1.165, 1.54) is 23.9 Å². The van der Waals surface area contributed by atoms with Gasteiger partial charge in [-0.15, -0.1) is 11.3 Å². The summed E-state index contributed by atoms with van der Waals surface area (Å²) in [5.74, 6) is 0.504. The number of benzene rings is 1. The second kappa shape index (κ2) is 7.63. The summed E-state index contributed by atoms with van der Waals surface area (Å²) >= 11 is 3.06. The fraction of sp³-hybridized carbons (Fsp3) is 0.235. The van der Waals surface area contributed by atoms with Crippen LogP contribution in [-0.4, -0.2) is 14.7 Å². The Hall–Kier alpha value is -1.77. The average Bonchev–Trinajstić information content (AvgIpc) is 3.23. The van der Waals surface area contributed by atoms with E-state index in [1.807, 2.05) is 22.1 Å². The molecule has 0 spiro atoms. The van der Waals surface area contributed by atoms with Crippen LogP contribution < -0.4 is 0 Å². The molecule has 1 N–H and O–H groups in total. The predicted octanol–water partition coefficient (Wildman–Crippen LogP) is 4.80. The second-order valence-corrected chi connectivity index (χ2v) is 7.31. The van der Waals surface area contributed by atoms with Crippen LogP contribution in [0.15, 0.2) is 53.1 Å². The van der Waals surface area contributed by atoms with Crippen molar-refractivity contribution >= 4 is 23.1 Å². The van der Waals surface area contributed by atoms with E-state index in [1.54, 1.807) is 17.5 Å². The SMILES string of the molecule is OCc1cnc(SCc2ccc(C(F)(F)F)cc2)n1Cc1cccs1. The molecule has 0 saturated carbocycles. The number of aliphatic hydroxyl groups excluding tert-OH is 1. The summed E-state index contributed by atoms with van der Waals surface area (Å²) < 4.78 is 39.7. The molecular weight excluding hydrogens is 369 g/mol. The number of rotatable bonds is 6. The highest BCUT2D eigenvalue weighted by atomic mass is 32.2. The zero-order chi connectivity index (χ0) is 17.9. The van der Waals surface area contributed by atoms with Crippen molar-refractivity contribution in [3.8, 4) is 0 Å². The maximum atomic E-state index is 12.6. The number of hydrogen-bond acceptors (Lipinski definition) is 4. The molecule has 0 aliphatic rings. The van der Waals surface area contributed by atoms with E-state index in [9.17, 15) is 18.3 Å². The molecule has 0 unspecified atom stereocenters. The maximum Gasteiger partial charge on any atom is 0.416 e. The molecule has 0 fully saturated rings. The van der Waals surface area contributed by atoms with Crippen LogP contribution in [0.3, 0.4) is 0 Å². The van der Waals surface area contributed by atoms with E-state index < -0.39 is 11.7 Å². The molecule has 3 nitrogen and oxygen atoms in total. The minimum atomic E-state index is -4.32. The quantitative estimate of drug-likeness (QED) is 0.621. The van der Waals surface area contributed by atoms with Crippen molar-refractivity contribution in [2.24, 2.45) is 0 Å². The summed E-state index contributed by atoms with van der Waals surface area (Å²) in [6, 6.07) is 9.12. The second-order valence-electron chi connectivity index (χ2n) is 5.34. The molecule has 3 aromatic rings. The molecule has 0 saturated heterocycles. The van der Waals surface area contributed by atoms with Gasteiger partial charge in [-0.1, -0.05) is 30.0 Å². The van der Waals surface area contributed by atoms with Crippen molar-refractivity contribution in [1.29, 1.82) is 0 Å². The molecular formula is C17H15F3N2OS2. The van der Waals surface area contributed by atoms with Crippen LogP contribution in [0.2, 0.25) is 0 Å². The standard InChI is InChI=1S/C17H15F3N2OS2/c18-17(19,20)13-5-3-12(4-6-13)11-25-16-21-8-14(10-23)22(16)9-15-2-1-7-24-15/h1-8,23H,9-11H2. The largest absolute Gasteiger partial charge is 0.416 e. The van der Waals surface area contributed by atoms with Crippen LogP contribution in [-0.2, 0) is 25.1 Å². The third kappa shape index (κ3) is 4.45. The van der Waals surface area contributed by atoms with Gasteiger partial charge >= 0.3 is 6.18 Å². The average molecular weight is 384 g/mol. The normalized spacial score (nSPS) is 11.8. The van der Waals surface area contributed by atoms with Gasteiger partial charge in [0.05, 0.1) is 30.6 Å². The molecule has 2 heterocycles. The van der Waals surface area contributed by atoms with E-state index in [4.69, 9.17) is 0 Å². The first kappa shape index (κ1) is 18.0. The number of alkyl halides is 3. The molecule has 0 radical (unpaired) electrons. The van der Waals surface area contributed by atoms with Gasteiger partial charge in [-0.3, -0.25) is 0 Å². The smallest absolute Gasteiger partial charge is 0.390 e. The Morgan fingerprint density at radius 3 is 2.52 bits per heavy atom. The van der Waals surface area contributed by atoms with Crippen LogP contribution in [0, 0.1) is 0 Å². The van der Waals surface area contributed by atoms with Gasteiger partial charge in [0, 0.05) is 10.6 Å². The molecule has 2 aromatic heterocycles. The molecule has 25 heavy (non-hydrogen) atoms. The number of nitrogens with zero attached hydrogens (tertiary/aromatic N) is 2. The number of aromatic nitrogens is 2. The Kier molecular flexibility index (Phi) is 5.51. The third-order valence-electron chi connectivity index (χ3n) is 3.61. The summed E-state index contributed by atoms with van der Waals surface area (Å²) in [7, 11) is 0. The van der Waals surface area contributed by atoms with Crippen LogP contribution in [0.1, 0.15) is 21.7 Å². The highest BCUT2D eigenvalue weighted by Crippen LogP contribution is 2.30. The molecule has 0 atom stereocenters. The zero-order valence-electron chi connectivity index (χ0n) is 13.0. The number of hydrogen-bond donors (Lipinski definition) is 1. The Balaban J connectivity index is 1.72. The van der Waals surface area contributed by atoms with Crippen LogP contribution in [0.5, 0.6) is 0 Å². The number of imidazole rings is 1. The van der Waals surface area contributed by atoms with Crippen molar-refractivity contribution in [2.45, 2.75) is 30.2 Å². The summed E-state index contributed by atoms with van der Waals surface area (Å²) in [6.45, 7) is 0.502. The Labute approximate surface area is 151 Å². The van der Waals surface area contributed by atoms with Crippen molar-refractivity contribution in [2.75, 3.05) is 0 Å². The lowest BCUT2D eigenvalue weighted by Gasteiger charge is -2.10. The van der Waals surface area contributed by atoms with Crippen LogP contribution in [0.4, 0.5) is 13.2 Å². The zero-order valence-corrected chi connectivity index (χ0v) is 14.7. The fourth-order valence-corrected chi connectivity index (χ4v) is 3.94. The molecule has 3 rings (SSSR count). The first-order valence-corrected chi connectivity index (χ1v) is 9.30. The number of thiophene rings is 1. The third-order valence-corrected chi connectivity index (χ3v) is 5.53. The minimum absolute atomic E-state index is 0.112. The van der Waals surface area contributed by atoms with Gasteiger partial charge in [0.1, 0.15) is 0 Å². The lowest BCUT2D eigenvalue weighted by molar-refractivity contribution is -0.137. The van der Waals surface area contributed by atoms with E-state index in [2.05, 4.69) is 4.98 Å². The molecule has 0 bridgehead atoms. The Morgan fingerprint density at radius 2 is 1.92 bits per heavy atom. The number of aliphatic hydroxyl groups is 1. The highest BCUT2D eigenvalue weighted by molar-refractivity contribution is 7.98. The predicted molar refractivity (Wildman–Crippen MR) is 92.6 cm³/mol. The van der Waals surface area contributed by atoms with E-state index in [-0.39, 0.29) is 6.61 Å². The minimum Gasteiger partial charge on any atom is -0.390 e. The summed E-state index contributed by atoms with van der Waals surface area (Å²) in [6.07, 6.45) is -2.69. The Bertz CT molecular complexity index is 812. The van der Waals surface area contributed by atoms with Crippen molar-refractivity contribution < 1.29 is 18.3 Å². The van der Waals surface area contributed by atoms with Crippen molar-refractivity contribution in [1.82, 2.24) is 9.55 Å². The summed E-state index contributed by atoms with van der Waals surface area (Å²) in [4.78, 5) is 5.47. The van der Waals surface area contributed by atoms with E-state index >= 15 is 0 Å². The maximum absolute atomic E-state index is 12.6. The molecule has 1 aromatic carbocycles. The first-order valence-electron chi connectivity index (χ1n) is 7.44. The molecule has 0 amide bonds. The first-order chi connectivity index (χ1) is 12.0. The van der Waals surface area contributed by atoms with Gasteiger partial charge in [-0.25, -0.2) is 4.98 Å². The highest BCUT2D eigenvalue weighted by Gasteiger charge is 2.29. The molecule has 0 aliphatic heterocycles. The lowest BCUT2D eigenvalue weighted by Crippen LogP contribution is -2.05. The van der Waals surface area contributed by atoms with Crippen LogP contribution in [0.25, 0.3) is 0 Å². The van der Waals surface area contributed by atoms with Gasteiger partial charge in [0.15, 0.2) is 5.16 Å². The van der Waals surface area contributed by atoms with Gasteiger partial charge in [0.25, 0.3) is 0 Å². The number of halogens is 3.